The van der Waals surface area contributed by atoms with Crippen molar-refractivity contribution in [2.24, 2.45) is 4.99 Å². The Morgan fingerprint density at radius 3 is 2.59 bits per heavy atom. The van der Waals surface area contributed by atoms with E-state index in [0.717, 1.165) is 5.56 Å². The molecule has 4 rings (SSSR count). The number of nitrogens with zero attached hydrogens (tertiary/aromatic N) is 1. The van der Waals surface area contributed by atoms with E-state index in [1.807, 2.05) is 30.3 Å². The Hall–Kier alpha value is -3.64. The Kier molecular flexibility index (Phi) is 6.52. The van der Waals surface area contributed by atoms with E-state index in [9.17, 15) is 9.18 Å². The average molecular weight is 452 g/mol. The SMILES string of the molecule is COc1cc(/C=C2\N=C(c3ccccc3F)OC2=O)cc(Cl)c1OCCc1ccccc1. The molecule has 162 valence electrons. The lowest BCUT2D eigenvalue weighted by Crippen LogP contribution is -2.07. The molecule has 5 nitrogen and oxygen atoms in total. The van der Waals surface area contributed by atoms with E-state index in [1.165, 1.54) is 25.3 Å². The highest BCUT2D eigenvalue weighted by Gasteiger charge is 2.26. The summed E-state index contributed by atoms with van der Waals surface area (Å²) in [6.07, 6.45) is 2.21. The second-order valence-corrected chi connectivity index (χ2v) is 7.34. The van der Waals surface area contributed by atoms with Crippen LogP contribution in [-0.4, -0.2) is 25.6 Å². The van der Waals surface area contributed by atoms with Crippen molar-refractivity contribution in [1.82, 2.24) is 0 Å². The monoisotopic (exact) mass is 451 g/mol. The number of halogens is 2. The molecule has 1 aliphatic rings. The van der Waals surface area contributed by atoms with E-state index in [2.05, 4.69) is 4.99 Å². The number of methoxy groups -OCH3 is 1. The second-order valence-electron chi connectivity index (χ2n) is 6.93. The number of hydrogen-bond acceptors (Lipinski definition) is 5. The van der Waals surface area contributed by atoms with Crippen molar-refractivity contribution < 1.29 is 23.4 Å². The summed E-state index contributed by atoms with van der Waals surface area (Å²) in [5.74, 6) is -0.458. The molecule has 32 heavy (non-hydrogen) atoms. The maximum absolute atomic E-state index is 14.0. The molecule has 1 heterocycles. The first kappa shape index (κ1) is 21.6. The van der Waals surface area contributed by atoms with Gasteiger partial charge < -0.3 is 14.2 Å². The molecular formula is C25H19ClFNO4. The molecule has 0 N–H and O–H groups in total. The molecule has 0 aromatic heterocycles. The Labute approximate surface area is 189 Å². The van der Waals surface area contributed by atoms with Gasteiger partial charge in [0.2, 0.25) is 5.90 Å². The van der Waals surface area contributed by atoms with Gasteiger partial charge in [-0.2, -0.15) is 0 Å². The predicted octanol–water partition coefficient (Wildman–Crippen LogP) is 5.45. The second kappa shape index (κ2) is 9.66. The number of carbonyl (C=O) groups excluding carboxylic acids is 1. The quantitative estimate of drug-likeness (QED) is 0.354. The molecule has 3 aromatic rings. The number of carbonyl (C=O) groups is 1. The lowest BCUT2D eigenvalue weighted by atomic mass is 10.1. The van der Waals surface area contributed by atoms with Crippen molar-refractivity contribution in [3.8, 4) is 11.5 Å². The summed E-state index contributed by atoms with van der Waals surface area (Å²) in [6, 6.07) is 19.2. The van der Waals surface area contributed by atoms with Gasteiger partial charge >= 0.3 is 5.97 Å². The van der Waals surface area contributed by atoms with Crippen LogP contribution in [0.1, 0.15) is 16.7 Å². The fourth-order valence-electron chi connectivity index (χ4n) is 3.20. The molecule has 0 saturated carbocycles. The first-order valence-corrected chi connectivity index (χ1v) is 10.2. The molecule has 0 saturated heterocycles. The van der Waals surface area contributed by atoms with Crippen LogP contribution in [0.25, 0.3) is 6.08 Å². The minimum Gasteiger partial charge on any atom is -0.493 e. The molecule has 0 radical (unpaired) electrons. The predicted molar refractivity (Wildman–Crippen MR) is 121 cm³/mol. The third kappa shape index (κ3) is 4.81. The Morgan fingerprint density at radius 1 is 1.09 bits per heavy atom. The molecule has 3 aromatic carbocycles. The van der Waals surface area contributed by atoms with Gasteiger partial charge in [-0.1, -0.05) is 54.1 Å². The Morgan fingerprint density at radius 2 is 1.84 bits per heavy atom. The molecule has 0 fully saturated rings. The van der Waals surface area contributed by atoms with Crippen LogP contribution in [0.2, 0.25) is 5.02 Å². The number of aliphatic imine (C=N–C) groups is 1. The summed E-state index contributed by atoms with van der Waals surface area (Å²) in [5, 5.41) is 0.328. The average Bonchev–Trinajstić information content (AvgIpc) is 3.15. The summed E-state index contributed by atoms with van der Waals surface area (Å²) in [4.78, 5) is 16.4. The van der Waals surface area contributed by atoms with Crippen molar-refractivity contribution in [2.45, 2.75) is 6.42 Å². The topological polar surface area (TPSA) is 57.1 Å². The summed E-state index contributed by atoms with van der Waals surface area (Å²) in [7, 11) is 1.50. The zero-order chi connectivity index (χ0) is 22.5. The molecule has 0 aliphatic carbocycles. The highest BCUT2D eigenvalue weighted by Crippen LogP contribution is 2.37. The van der Waals surface area contributed by atoms with E-state index in [4.69, 9.17) is 25.8 Å². The van der Waals surface area contributed by atoms with E-state index >= 15 is 0 Å². The molecule has 0 spiro atoms. The molecule has 0 bridgehead atoms. The van der Waals surface area contributed by atoms with Gasteiger partial charge in [0.1, 0.15) is 5.82 Å². The van der Waals surface area contributed by atoms with Gasteiger partial charge in [-0.25, -0.2) is 14.2 Å². The lowest BCUT2D eigenvalue weighted by molar-refractivity contribution is -0.129. The normalized spacial score (nSPS) is 14.3. The summed E-state index contributed by atoms with van der Waals surface area (Å²) < 4.78 is 30.4. The summed E-state index contributed by atoms with van der Waals surface area (Å²) >= 11 is 6.43. The van der Waals surface area contributed by atoms with Crippen LogP contribution in [0, 0.1) is 5.82 Å². The smallest absolute Gasteiger partial charge is 0.363 e. The number of benzene rings is 3. The van der Waals surface area contributed by atoms with Crippen LogP contribution in [0.4, 0.5) is 4.39 Å². The summed E-state index contributed by atoms with van der Waals surface area (Å²) in [5.41, 5.74) is 1.85. The standard InChI is InChI=1S/C25H19ClFNO4/c1-30-22-15-17(13-19(26)23(22)31-12-11-16-7-3-2-4-8-16)14-21-25(29)32-24(28-21)18-9-5-6-10-20(18)27/h2-10,13-15H,11-12H2,1H3/b21-14-. The van der Waals surface area contributed by atoms with E-state index in [0.29, 0.717) is 35.1 Å². The van der Waals surface area contributed by atoms with Gasteiger partial charge in [-0.15, -0.1) is 0 Å². The fraction of sp³-hybridized carbons (Fsp3) is 0.120. The minimum absolute atomic E-state index is 0.0270. The largest absolute Gasteiger partial charge is 0.493 e. The van der Waals surface area contributed by atoms with E-state index in [1.54, 1.807) is 24.3 Å². The van der Waals surface area contributed by atoms with Gasteiger partial charge in [0.05, 0.1) is 24.3 Å². The number of ether oxygens (including phenoxy) is 3. The van der Waals surface area contributed by atoms with E-state index < -0.39 is 11.8 Å². The third-order valence-electron chi connectivity index (χ3n) is 4.76. The zero-order valence-corrected chi connectivity index (χ0v) is 17.9. The van der Waals surface area contributed by atoms with E-state index in [-0.39, 0.29) is 17.2 Å². The molecular weight excluding hydrogens is 433 g/mol. The summed E-state index contributed by atoms with van der Waals surface area (Å²) in [6.45, 7) is 0.420. The van der Waals surface area contributed by atoms with Gasteiger partial charge in [-0.05, 0) is 41.5 Å². The van der Waals surface area contributed by atoms with Crippen molar-refractivity contribution in [1.29, 1.82) is 0 Å². The maximum atomic E-state index is 14.0. The lowest BCUT2D eigenvalue weighted by Gasteiger charge is -2.13. The third-order valence-corrected chi connectivity index (χ3v) is 5.04. The van der Waals surface area contributed by atoms with Crippen LogP contribution in [0.15, 0.2) is 77.4 Å². The number of hydrogen-bond donors (Lipinski definition) is 0. The Balaban J connectivity index is 1.55. The van der Waals surface area contributed by atoms with Crippen LogP contribution in [0.5, 0.6) is 11.5 Å². The molecule has 0 unspecified atom stereocenters. The van der Waals surface area contributed by atoms with Crippen LogP contribution in [-0.2, 0) is 16.0 Å². The highest BCUT2D eigenvalue weighted by atomic mass is 35.5. The molecule has 1 aliphatic heterocycles. The van der Waals surface area contributed by atoms with Crippen molar-refractivity contribution >= 4 is 29.5 Å². The van der Waals surface area contributed by atoms with Gasteiger partial charge in [0.25, 0.3) is 0 Å². The first-order chi connectivity index (χ1) is 15.5. The Bertz CT molecular complexity index is 1210. The minimum atomic E-state index is -0.679. The fourth-order valence-corrected chi connectivity index (χ4v) is 3.47. The number of esters is 1. The van der Waals surface area contributed by atoms with Crippen LogP contribution < -0.4 is 9.47 Å². The van der Waals surface area contributed by atoms with Crippen LogP contribution >= 0.6 is 11.6 Å². The number of rotatable bonds is 7. The van der Waals surface area contributed by atoms with Crippen molar-refractivity contribution in [2.75, 3.05) is 13.7 Å². The van der Waals surface area contributed by atoms with Crippen molar-refractivity contribution in [3.05, 3.63) is 100.0 Å². The molecule has 0 amide bonds. The van der Waals surface area contributed by atoms with Gasteiger partial charge in [0.15, 0.2) is 17.2 Å². The van der Waals surface area contributed by atoms with Crippen LogP contribution in [0.3, 0.4) is 0 Å². The number of cyclic esters (lactones) is 1. The first-order valence-electron chi connectivity index (χ1n) is 9.87. The molecule has 7 heteroatoms. The highest BCUT2D eigenvalue weighted by molar-refractivity contribution is 6.32. The van der Waals surface area contributed by atoms with Gasteiger partial charge in [-0.3, -0.25) is 0 Å². The van der Waals surface area contributed by atoms with Gasteiger partial charge in [0, 0.05) is 6.42 Å². The maximum Gasteiger partial charge on any atom is 0.363 e. The molecule has 0 atom stereocenters. The zero-order valence-electron chi connectivity index (χ0n) is 17.2. The van der Waals surface area contributed by atoms with Crippen molar-refractivity contribution in [3.63, 3.8) is 0 Å².